The zero-order chi connectivity index (χ0) is 17.9. The molecule has 2 N–H and O–H groups in total. The van der Waals surface area contributed by atoms with Crippen LogP contribution in [0.15, 0.2) is 17.4 Å². The lowest BCUT2D eigenvalue weighted by molar-refractivity contribution is -0.0221. The second kappa shape index (κ2) is 7.43. The van der Waals surface area contributed by atoms with Gasteiger partial charge in [-0.15, -0.1) is 0 Å². The third-order valence-electron chi connectivity index (χ3n) is 3.65. The summed E-state index contributed by atoms with van der Waals surface area (Å²) >= 11 is 0. The summed E-state index contributed by atoms with van der Waals surface area (Å²) in [6, 6.07) is 1.80. The highest BCUT2D eigenvalue weighted by molar-refractivity contribution is 7.47. The Morgan fingerprint density at radius 3 is 3.12 bits per heavy atom. The first-order valence-corrected chi connectivity index (χ1v) is 9.04. The second-order valence-corrected chi connectivity index (χ2v) is 6.80. The van der Waals surface area contributed by atoms with E-state index in [1.165, 1.54) is 12.7 Å². The second-order valence-electron chi connectivity index (χ2n) is 5.35. The fourth-order valence-corrected chi connectivity index (χ4v) is 3.26. The molecule has 0 saturated carbocycles. The quantitative estimate of drug-likeness (QED) is 0.534. The molecule has 1 fully saturated rings. The summed E-state index contributed by atoms with van der Waals surface area (Å²) in [6.45, 7) is -0.308. The number of phosphoric acid groups is 1. The molecule has 3 heterocycles. The lowest BCUT2D eigenvalue weighted by Gasteiger charge is -2.17. The van der Waals surface area contributed by atoms with Crippen molar-refractivity contribution in [3.8, 4) is 6.07 Å². The van der Waals surface area contributed by atoms with Gasteiger partial charge in [-0.3, -0.25) is 18.4 Å². The van der Waals surface area contributed by atoms with Crippen LogP contribution in [-0.4, -0.2) is 43.7 Å². The largest absolute Gasteiger partial charge is 0.472 e. The Morgan fingerprint density at radius 1 is 1.48 bits per heavy atom. The van der Waals surface area contributed by atoms with Gasteiger partial charge in [-0.1, -0.05) is 0 Å². The van der Waals surface area contributed by atoms with Crippen LogP contribution in [0.5, 0.6) is 0 Å². The van der Waals surface area contributed by atoms with E-state index in [2.05, 4.69) is 19.5 Å². The zero-order valence-electron chi connectivity index (χ0n) is 13.1. The van der Waals surface area contributed by atoms with E-state index in [1.807, 2.05) is 0 Å². The molecule has 0 aliphatic carbocycles. The van der Waals surface area contributed by atoms with Crippen molar-refractivity contribution in [1.29, 1.82) is 5.26 Å². The number of fused-ring (bicyclic) bond motifs is 1. The molecule has 134 valence electrons. The van der Waals surface area contributed by atoms with Gasteiger partial charge in [0.25, 0.3) is 5.56 Å². The molecule has 0 spiro atoms. The number of nitrogens with one attached hydrogen (secondary N) is 1. The molecule has 25 heavy (non-hydrogen) atoms. The van der Waals surface area contributed by atoms with Crippen molar-refractivity contribution in [2.24, 2.45) is 0 Å². The van der Waals surface area contributed by atoms with Crippen LogP contribution < -0.4 is 5.56 Å². The Bertz CT molecular complexity index is 889. The van der Waals surface area contributed by atoms with Crippen LogP contribution >= 0.6 is 7.82 Å². The number of nitrogens with zero attached hydrogens (tertiary/aromatic N) is 4. The van der Waals surface area contributed by atoms with E-state index >= 15 is 0 Å². The first kappa shape index (κ1) is 17.7. The smallest absolute Gasteiger partial charge is 0.352 e. The predicted molar refractivity (Wildman–Crippen MR) is 83.3 cm³/mol. The number of hydrogen-bond acceptors (Lipinski definition) is 8. The predicted octanol–water partition coefficient (Wildman–Crippen LogP) is 0.844. The number of H-pyrrole nitrogens is 1. The highest BCUT2D eigenvalue weighted by Crippen LogP contribution is 2.44. The Balaban J connectivity index is 1.58. The number of aromatic amines is 1. The van der Waals surface area contributed by atoms with Crippen molar-refractivity contribution in [3.63, 3.8) is 0 Å². The first-order chi connectivity index (χ1) is 12.0. The Morgan fingerprint density at radius 2 is 2.32 bits per heavy atom. The summed E-state index contributed by atoms with van der Waals surface area (Å²) in [5, 5.41) is 8.38. The standard InChI is InChI=1S/C13H16N5O6P/c14-4-1-5-22-25(20,21)23-6-9-2-3-10(24-9)18-8-17-11-12(18)15-7-16-13(11)19/h7-10H,1-3,5-6H2,(H,20,21)(H,15,16,19). The van der Waals surface area contributed by atoms with Gasteiger partial charge in [0.15, 0.2) is 11.2 Å². The van der Waals surface area contributed by atoms with Crippen LogP contribution in [0.4, 0.5) is 0 Å². The van der Waals surface area contributed by atoms with Gasteiger partial charge in [0.1, 0.15) is 6.23 Å². The molecule has 11 nitrogen and oxygen atoms in total. The summed E-state index contributed by atoms with van der Waals surface area (Å²) in [5.41, 5.74) is 0.289. The Kier molecular flexibility index (Phi) is 5.27. The van der Waals surface area contributed by atoms with Gasteiger partial charge in [-0.25, -0.2) is 14.5 Å². The first-order valence-electron chi connectivity index (χ1n) is 7.54. The molecule has 0 bridgehead atoms. The molecule has 12 heteroatoms. The van der Waals surface area contributed by atoms with E-state index in [0.717, 1.165) is 0 Å². The summed E-state index contributed by atoms with van der Waals surface area (Å²) in [4.78, 5) is 31.8. The molecule has 0 amide bonds. The molecule has 0 radical (unpaired) electrons. The molecule has 2 aromatic heterocycles. The maximum absolute atomic E-state index is 11.7. The molecule has 0 aromatic carbocycles. The van der Waals surface area contributed by atoms with Crippen molar-refractivity contribution in [1.82, 2.24) is 19.5 Å². The van der Waals surface area contributed by atoms with Crippen molar-refractivity contribution in [3.05, 3.63) is 23.0 Å². The van der Waals surface area contributed by atoms with E-state index in [0.29, 0.717) is 18.5 Å². The summed E-state index contributed by atoms with van der Waals surface area (Å²) in [7, 11) is -4.21. The lowest BCUT2D eigenvalue weighted by atomic mass is 10.2. The van der Waals surface area contributed by atoms with Gasteiger partial charge in [0, 0.05) is 0 Å². The van der Waals surface area contributed by atoms with Crippen molar-refractivity contribution < 1.29 is 23.2 Å². The van der Waals surface area contributed by atoms with E-state index in [-0.39, 0.29) is 30.7 Å². The molecular formula is C13H16N5O6P. The molecule has 3 unspecified atom stereocenters. The van der Waals surface area contributed by atoms with Gasteiger partial charge in [0.05, 0.1) is 44.5 Å². The van der Waals surface area contributed by atoms with Crippen LogP contribution in [0.2, 0.25) is 0 Å². The summed E-state index contributed by atoms with van der Waals surface area (Å²) in [5.74, 6) is 0. The average molecular weight is 369 g/mol. The molecule has 2 aromatic rings. The Labute approximate surface area is 141 Å². The number of ether oxygens (including phenoxy) is 1. The minimum atomic E-state index is -4.21. The summed E-state index contributed by atoms with van der Waals surface area (Å²) in [6.07, 6.45) is 3.15. The van der Waals surface area contributed by atoms with Gasteiger partial charge < -0.3 is 14.6 Å². The van der Waals surface area contributed by atoms with E-state index in [4.69, 9.17) is 14.5 Å². The number of rotatable bonds is 7. The molecule has 3 atom stereocenters. The number of hydrogen-bond donors (Lipinski definition) is 2. The maximum atomic E-state index is 11.7. The van der Waals surface area contributed by atoms with Crippen molar-refractivity contribution in [2.45, 2.75) is 31.6 Å². The van der Waals surface area contributed by atoms with Gasteiger partial charge in [-0.05, 0) is 12.8 Å². The third-order valence-corrected chi connectivity index (χ3v) is 4.64. The normalized spacial score (nSPS) is 22.7. The molecule has 1 aliphatic heterocycles. The molecular weight excluding hydrogens is 353 g/mol. The van der Waals surface area contributed by atoms with Crippen LogP contribution in [0.3, 0.4) is 0 Å². The van der Waals surface area contributed by atoms with Crippen LogP contribution in [0.25, 0.3) is 11.2 Å². The minimum Gasteiger partial charge on any atom is -0.352 e. The average Bonchev–Trinajstić information content (AvgIpc) is 3.20. The number of imidazole rings is 1. The lowest BCUT2D eigenvalue weighted by Crippen LogP contribution is -2.17. The number of aromatic nitrogens is 4. The van der Waals surface area contributed by atoms with Crippen molar-refractivity contribution in [2.75, 3.05) is 13.2 Å². The molecule has 3 rings (SSSR count). The molecule has 1 saturated heterocycles. The van der Waals surface area contributed by atoms with E-state index < -0.39 is 20.2 Å². The van der Waals surface area contributed by atoms with Crippen LogP contribution in [-0.2, 0) is 18.3 Å². The van der Waals surface area contributed by atoms with E-state index in [9.17, 15) is 14.3 Å². The van der Waals surface area contributed by atoms with Gasteiger partial charge in [0.2, 0.25) is 0 Å². The highest BCUT2D eigenvalue weighted by Gasteiger charge is 2.31. The molecule has 1 aliphatic rings. The van der Waals surface area contributed by atoms with Crippen molar-refractivity contribution >= 4 is 19.0 Å². The monoisotopic (exact) mass is 369 g/mol. The highest BCUT2D eigenvalue weighted by atomic mass is 31.2. The van der Waals surface area contributed by atoms with Gasteiger partial charge >= 0.3 is 7.82 Å². The summed E-state index contributed by atoms with van der Waals surface area (Å²) < 4.78 is 28.6. The SMILES string of the molecule is N#CCCOP(=O)(O)OCC1CCC(n2cnc3c(=O)[nH]cnc32)O1. The van der Waals surface area contributed by atoms with Gasteiger partial charge in [-0.2, -0.15) is 5.26 Å². The fourth-order valence-electron chi connectivity index (χ4n) is 2.51. The van der Waals surface area contributed by atoms with E-state index in [1.54, 1.807) is 10.6 Å². The minimum absolute atomic E-state index is 0.00422. The number of nitriles is 1. The van der Waals surface area contributed by atoms with Crippen LogP contribution in [0.1, 0.15) is 25.5 Å². The zero-order valence-corrected chi connectivity index (χ0v) is 14.0. The fraction of sp³-hybridized carbons (Fsp3) is 0.538. The van der Waals surface area contributed by atoms with Crippen LogP contribution in [0, 0.1) is 11.3 Å². The third kappa shape index (κ3) is 4.12. The Hall–Kier alpha value is -2.09. The topological polar surface area (TPSA) is 152 Å². The number of phosphoric ester groups is 1. The maximum Gasteiger partial charge on any atom is 0.472 e.